The molecule has 1 aromatic heterocycles. The summed E-state index contributed by atoms with van der Waals surface area (Å²) in [5, 5.41) is 4.63. The van der Waals surface area contributed by atoms with E-state index in [4.69, 9.17) is 4.98 Å². The molecule has 0 bridgehead atoms. The Kier molecular flexibility index (Phi) is 3.54. The fraction of sp³-hybridized carbons (Fsp3) is 0.533. The number of hydrogen-bond acceptors (Lipinski definition) is 3. The van der Waals surface area contributed by atoms with E-state index >= 15 is 0 Å². The van der Waals surface area contributed by atoms with Crippen molar-refractivity contribution in [1.29, 1.82) is 0 Å². The summed E-state index contributed by atoms with van der Waals surface area (Å²) in [6.45, 7) is 4.35. The average Bonchev–Trinajstić information content (AvgIpc) is 2.83. The maximum absolute atomic E-state index is 13.3. The van der Waals surface area contributed by atoms with Crippen molar-refractivity contribution in [2.45, 2.75) is 38.0 Å². The standard InChI is InChI=1S/C15H19FN2S/c1-2-5-15(6-8-17-9-7-15)14-18-12-10-11(16)3-4-13(12)19-14/h3-4,10,17H,2,5-9H2,1H3. The Hall–Kier alpha value is -1.00. The Morgan fingerprint density at radius 1 is 1.37 bits per heavy atom. The monoisotopic (exact) mass is 278 g/mol. The van der Waals surface area contributed by atoms with Gasteiger partial charge in [0, 0.05) is 11.5 Å². The van der Waals surface area contributed by atoms with E-state index in [-0.39, 0.29) is 11.2 Å². The first kappa shape index (κ1) is 13.0. The van der Waals surface area contributed by atoms with Crippen LogP contribution in [0.15, 0.2) is 18.2 Å². The number of benzene rings is 1. The molecule has 19 heavy (non-hydrogen) atoms. The van der Waals surface area contributed by atoms with Crippen LogP contribution >= 0.6 is 11.3 Å². The van der Waals surface area contributed by atoms with Crippen molar-refractivity contribution in [2.75, 3.05) is 13.1 Å². The van der Waals surface area contributed by atoms with E-state index in [1.807, 2.05) is 6.07 Å². The lowest BCUT2D eigenvalue weighted by Gasteiger charge is -2.35. The first-order chi connectivity index (χ1) is 9.23. The molecule has 1 N–H and O–H groups in total. The topological polar surface area (TPSA) is 24.9 Å². The zero-order valence-corrected chi connectivity index (χ0v) is 12.0. The number of fused-ring (bicyclic) bond motifs is 1. The van der Waals surface area contributed by atoms with Crippen LogP contribution in [-0.2, 0) is 5.41 Å². The van der Waals surface area contributed by atoms with Crippen LogP contribution in [0.2, 0.25) is 0 Å². The van der Waals surface area contributed by atoms with Crippen LogP contribution in [0.25, 0.3) is 10.2 Å². The minimum Gasteiger partial charge on any atom is -0.317 e. The van der Waals surface area contributed by atoms with E-state index in [0.717, 1.165) is 36.1 Å². The normalized spacial score (nSPS) is 18.8. The number of hydrogen-bond donors (Lipinski definition) is 1. The molecule has 1 fully saturated rings. The predicted molar refractivity (Wildman–Crippen MR) is 78.3 cm³/mol. The van der Waals surface area contributed by atoms with Crippen molar-refractivity contribution in [2.24, 2.45) is 0 Å². The summed E-state index contributed by atoms with van der Waals surface area (Å²) in [6, 6.07) is 4.93. The maximum atomic E-state index is 13.3. The van der Waals surface area contributed by atoms with Crippen LogP contribution in [0, 0.1) is 5.82 Å². The Bertz CT molecular complexity index is 567. The summed E-state index contributed by atoms with van der Waals surface area (Å²) < 4.78 is 14.4. The van der Waals surface area contributed by atoms with Crippen molar-refractivity contribution in [3.05, 3.63) is 29.0 Å². The SMILES string of the molecule is CCCC1(c2nc3cc(F)ccc3s2)CCNCC1. The van der Waals surface area contributed by atoms with E-state index in [2.05, 4.69) is 12.2 Å². The summed E-state index contributed by atoms with van der Waals surface area (Å²) in [7, 11) is 0. The molecule has 1 aliphatic rings. The van der Waals surface area contributed by atoms with Gasteiger partial charge in [0.1, 0.15) is 10.8 Å². The molecule has 1 aromatic carbocycles. The van der Waals surface area contributed by atoms with Gasteiger partial charge in [-0.3, -0.25) is 0 Å². The van der Waals surface area contributed by atoms with Gasteiger partial charge in [-0.25, -0.2) is 9.37 Å². The molecule has 0 radical (unpaired) electrons. The van der Waals surface area contributed by atoms with E-state index in [1.165, 1.54) is 23.9 Å². The minimum absolute atomic E-state index is 0.195. The highest BCUT2D eigenvalue weighted by molar-refractivity contribution is 7.18. The van der Waals surface area contributed by atoms with Crippen LogP contribution in [0.3, 0.4) is 0 Å². The van der Waals surface area contributed by atoms with Crippen LogP contribution < -0.4 is 5.32 Å². The zero-order chi connectivity index (χ0) is 13.3. The number of nitrogens with one attached hydrogen (secondary N) is 1. The summed E-state index contributed by atoms with van der Waals surface area (Å²) in [6.07, 6.45) is 4.63. The van der Waals surface area contributed by atoms with E-state index in [0.29, 0.717) is 0 Å². The highest BCUT2D eigenvalue weighted by Crippen LogP contribution is 2.41. The molecule has 2 heterocycles. The molecule has 1 saturated heterocycles. The highest BCUT2D eigenvalue weighted by Gasteiger charge is 2.35. The Labute approximate surface area is 117 Å². The molecule has 1 aliphatic heterocycles. The van der Waals surface area contributed by atoms with Gasteiger partial charge < -0.3 is 5.32 Å². The molecule has 0 amide bonds. The molecule has 102 valence electrons. The number of rotatable bonds is 3. The first-order valence-electron chi connectivity index (χ1n) is 7.01. The molecular weight excluding hydrogens is 259 g/mol. The third-order valence-electron chi connectivity index (χ3n) is 4.09. The van der Waals surface area contributed by atoms with Crippen molar-refractivity contribution < 1.29 is 4.39 Å². The van der Waals surface area contributed by atoms with E-state index in [9.17, 15) is 4.39 Å². The van der Waals surface area contributed by atoms with Gasteiger partial charge in [-0.2, -0.15) is 0 Å². The summed E-state index contributed by atoms with van der Waals surface area (Å²) >= 11 is 1.75. The number of halogens is 1. The molecule has 0 spiro atoms. The van der Waals surface area contributed by atoms with Gasteiger partial charge in [0.2, 0.25) is 0 Å². The Balaban J connectivity index is 2.04. The Morgan fingerprint density at radius 3 is 2.89 bits per heavy atom. The molecule has 4 heteroatoms. The summed E-state index contributed by atoms with van der Waals surface area (Å²) in [5.41, 5.74) is 1.02. The minimum atomic E-state index is -0.195. The van der Waals surface area contributed by atoms with Crippen LogP contribution in [0.5, 0.6) is 0 Å². The average molecular weight is 278 g/mol. The molecular formula is C15H19FN2S. The summed E-state index contributed by atoms with van der Waals surface area (Å²) in [4.78, 5) is 4.74. The molecule has 0 saturated carbocycles. The Morgan fingerprint density at radius 2 is 2.16 bits per heavy atom. The molecule has 3 rings (SSSR count). The van der Waals surface area contributed by atoms with Gasteiger partial charge in [-0.15, -0.1) is 11.3 Å². The maximum Gasteiger partial charge on any atom is 0.125 e. The van der Waals surface area contributed by atoms with Gasteiger partial charge in [-0.1, -0.05) is 13.3 Å². The second-order valence-corrected chi connectivity index (χ2v) is 6.44. The van der Waals surface area contributed by atoms with Gasteiger partial charge in [0.15, 0.2) is 0 Å². The lowest BCUT2D eigenvalue weighted by molar-refractivity contribution is 0.285. The summed E-state index contributed by atoms with van der Waals surface area (Å²) in [5.74, 6) is -0.195. The lowest BCUT2D eigenvalue weighted by Crippen LogP contribution is -2.39. The highest BCUT2D eigenvalue weighted by atomic mass is 32.1. The third-order valence-corrected chi connectivity index (χ3v) is 5.38. The molecule has 0 aliphatic carbocycles. The predicted octanol–water partition coefficient (Wildman–Crippen LogP) is 3.86. The largest absolute Gasteiger partial charge is 0.317 e. The third kappa shape index (κ3) is 2.39. The van der Waals surface area contributed by atoms with Crippen LogP contribution in [0.4, 0.5) is 4.39 Å². The van der Waals surface area contributed by atoms with Gasteiger partial charge in [-0.05, 0) is 44.5 Å². The van der Waals surface area contributed by atoms with Crippen LogP contribution in [-0.4, -0.2) is 18.1 Å². The first-order valence-corrected chi connectivity index (χ1v) is 7.82. The van der Waals surface area contributed by atoms with Gasteiger partial charge in [0.05, 0.1) is 10.2 Å². The van der Waals surface area contributed by atoms with Gasteiger partial charge in [0.25, 0.3) is 0 Å². The molecule has 2 nitrogen and oxygen atoms in total. The van der Waals surface area contributed by atoms with Crippen molar-refractivity contribution in [3.8, 4) is 0 Å². The van der Waals surface area contributed by atoms with Crippen molar-refractivity contribution in [1.82, 2.24) is 10.3 Å². The molecule has 0 unspecified atom stereocenters. The van der Waals surface area contributed by atoms with E-state index in [1.54, 1.807) is 17.4 Å². The number of nitrogens with zero attached hydrogens (tertiary/aromatic N) is 1. The van der Waals surface area contributed by atoms with E-state index < -0.39 is 0 Å². The zero-order valence-electron chi connectivity index (χ0n) is 11.2. The lowest BCUT2D eigenvalue weighted by atomic mass is 9.76. The van der Waals surface area contributed by atoms with Gasteiger partial charge >= 0.3 is 0 Å². The smallest absolute Gasteiger partial charge is 0.125 e. The van der Waals surface area contributed by atoms with Crippen molar-refractivity contribution in [3.63, 3.8) is 0 Å². The number of piperidine rings is 1. The van der Waals surface area contributed by atoms with Crippen molar-refractivity contribution >= 4 is 21.6 Å². The fourth-order valence-electron chi connectivity index (χ4n) is 3.08. The van der Waals surface area contributed by atoms with Crippen LogP contribution in [0.1, 0.15) is 37.6 Å². The molecule has 0 atom stereocenters. The second-order valence-electron chi connectivity index (χ2n) is 5.41. The quantitative estimate of drug-likeness (QED) is 0.922. The fourth-order valence-corrected chi connectivity index (χ4v) is 4.30. The second kappa shape index (κ2) is 5.17. The number of aromatic nitrogens is 1. The number of thiazole rings is 1. The molecule has 2 aromatic rings.